The second-order valence-electron chi connectivity index (χ2n) is 6.48. The number of aryl methyl sites for hydroxylation is 1. The van der Waals surface area contributed by atoms with Crippen LogP contribution in [0.1, 0.15) is 23.0 Å². The Morgan fingerprint density at radius 1 is 1.19 bits per heavy atom. The highest BCUT2D eigenvalue weighted by atomic mass is 35.5. The van der Waals surface area contributed by atoms with Crippen LogP contribution in [0.15, 0.2) is 46.0 Å². The Kier molecular flexibility index (Phi) is 5.14. The fraction of sp³-hybridized carbons (Fsp3) is 0.263. The van der Waals surface area contributed by atoms with Gasteiger partial charge in [0.2, 0.25) is 0 Å². The molecule has 0 saturated heterocycles. The predicted octanol–water partition coefficient (Wildman–Crippen LogP) is 1.65. The lowest BCUT2D eigenvalue weighted by Crippen LogP contribution is -2.38. The standard InChI is InChI=1S/C19H19ClN4O3/c1-11(9-12-5-4-6-13(20)10-12)21-17(25)15-8-7-14-16(22-15)23(2)19(27)24(3)18(14)26/h4-8,10-11H,9H2,1-3H3,(H,21,25)/t11-/m1/s1. The van der Waals surface area contributed by atoms with E-state index in [1.165, 1.54) is 30.8 Å². The smallest absolute Gasteiger partial charge is 0.332 e. The van der Waals surface area contributed by atoms with Gasteiger partial charge in [-0.3, -0.25) is 18.7 Å². The van der Waals surface area contributed by atoms with Crippen molar-refractivity contribution in [3.8, 4) is 0 Å². The van der Waals surface area contributed by atoms with Gasteiger partial charge in [0.25, 0.3) is 11.5 Å². The number of halogens is 1. The van der Waals surface area contributed by atoms with E-state index in [1.807, 2.05) is 25.1 Å². The molecule has 2 heterocycles. The molecule has 0 aliphatic rings. The van der Waals surface area contributed by atoms with Gasteiger partial charge in [-0.1, -0.05) is 23.7 Å². The van der Waals surface area contributed by atoms with Crippen LogP contribution in [0.5, 0.6) is 0 Å². The van der Waals surface area contributed by atoms with Gasteiger partial charge in [0.05, 0.1) is 5.39 Å². The maximum atomic E-state index is 12.5. The maximum absolute atomic E-state index is 12.5. The minimum Gasteiger partial charge on any atom is -0.348 e. The van der Waals surface area contributed by atoms with E-state index in [9.17, 15) is 14.4 Å². The van der Waals surface area contributed by atoms with Gasteiger partial charge >= 0.3 is 5.69 Å². The molecule has 7 nitrogen and oxygen atoms in total. The number of aromatic nitrogens is 3. The van der Waals surface area contributed by atoms with Crippen molar-refractivity contribution in [3.63, 3.8) is 0 Å². The highest BCUT2D eigenvalue weighted by Crippen LogP contribution is 2.13. The van der Waals surface area contributed by atoms with Crippen molar-refractivity contribution in [2.75, 3.05) is 0 Å². The van der Waals surface area contributed by atoms with Crippen LogP contribution < -0.4 is 16.6 Å². The number of nitrogens with one attached hydrogen (secondary N) is 1. The Hall–Kier alpha value is -2.93. The van der Waals surface area contributed by atoms with Gasteiger partial charge in [-0.15, -0.1) is 0 Å². The summed E-state index contributed by atoms with van der Waals surface area (Å²) in [5.74, 6) is -0.375. The predicted molar refractivity (Wildman–Crippen MR) is 104 cm³/mol. The molecule has 8 heteroatoms. The summed E-state index contributed by atoms with van der Waals surface area (Å²) >= 11 is 5.98. The molecule has 0 saturated carbocycles. The number of nitrogens with zero attached hydrogens (tertiary/aromatic N) is 3. The molecule has 0 unspecified atom stereocenters. The molecule has 1 atom stereocenters. The minimum absolute atomic E-state index is 0.142. The molecular formula is C19H19ClN4O3. The normalized spacial score (nSPS) is 12.1. The van der Waals surface area contributed by atoms with Gasteiger partial charge in [-0.25, -0.2) is 9.78 Å². The van der Waals surface area contributed by atoms with Gasteiger partial charge in [-0.2, -0.15) is 0 Å². The first kappa shape index (κ1) is 18.8. The molecular weight excluding hydrogens is 368 g/mol. The summed E-state index contributed by atoms with van der Waals surface area (Å²) in [6.45, 7) is 1.88. The zero-order chi connectivity index (χ0) is 19.7. The minimum atomic E-state index is -0.494. The number of hydrogen-bond donors (Lipinski definition) is 1. The van der Waals surface area contributed by atoms with Crippen LogP contribution in [0.4, 0.5) is 0 Å². The second kappa shape index (κ2) is 7.36. The average Bonchev–Trinajstić information content (AvgIpc) is 2.64. The third-order valence-corrected chi connectivity index (χ3v) is 4.58. The van der Waals surface area contributed by atoms with E-state index < -0.39 is 11.2 Å². The third-order valence-electron chi connectivity index (χ3n) is 4.34. The molecule has 27 heavy (non-hydrogen) atoms. The number of carbonyl (C=O) groups is 1. The van der Waals surface area contributed by atoms with Gasteiger partial charge in [0.15, 0.2) is 0 Å². The number of fused-ring (bicyclic) bond motifs is 1. The number of amides is 1. The van der Waals surface area contributed by atoms with Gasteiger partial charge in [0.1, 0.15) is 11.3 Å². The molecule has 0 bridgehead atoms. The summed E-state index contributed by atoms with van der Waals surface area (Å²) in [7, 11) is 2.92. The number of pyridine rings is 1. The van der Waals surface area contributed by atoms with Crippen LogP contribution in [-0.2, 0) is 20.5 Å². The van der Waals surface area contributed by atoms with E-state index in [0.29, 0.717) is 11.4 Å². The van der Waals surface area contributed by atoms with Crippen molar-refractivity contribution in [2.45, 2.75) is 19.4 Å². The molecule has 3 rings (SSSR count). The highest BCUT2D eigenvalue weighted by Gasteiger charge is 2.15. The molecule has 1 N–H and O–H groups in total. The van der Waals surface area contributed by atoms with E-state index >= 15 is 0 Å². The number of carbonyl (C=O) groups excluding carboxylic acids is 1. The van der Waals surface area contributed by atoms with E-state index in [0.717, 1.165) is 10.1 Å². The summed E-state index contributed by atoms with van der Waals surface area (Å²) in [6.07, 6.45) is 0.610. The van der Waals surface area contributed by atoms with Crippen molar-refractivity contribution in [3.05, 3.63) is 73.5 Å². The lowest BCUT2D eigenvalue weighted by molar-refractivity contribution is 0.0935. The second-order valence-corrected chi connectivity index (χ2v) is 6.92. The van der Waals surface area contributed by atoms with Crippen molar-refractivity contribution in [1.29, 1.82) is 0 Å². The van der Waals surface area contributed by atoms with E-state index in [2.05, 4.69) is 10.3 Å². The average molecular weight is 387 g/mol. The molecule has 0 fully saturated rings. The first-order chi connectivity index (χ1) is 12.8. The fourth-order valence-electron chi connectivity index (χ4n) is 2.95. The van der Waals surface area contributed by atoms with Crippen LogP contribution in [0, 0.1) is 0 Å². The van der Waals surface area contributed by atoms with Crippen LogP contribution in [0.3, 0.4) is 0 Å². The van der Waals surface area contributed by atoms with Gasteiger partial charge < -0.3 is 5.32 Å². The molecule has 2 aromatic heterocycles. The molecule has 3 aromatic rings. The fourth-order valence-corrected chi connectivity index (χ4v) is 3.16. The Labute approximate surface area is 160 Å². The van der Waals surface area contributed by atoms with Crippen LogP contribution in [0.25, 0.3) is 11.0 Å². The van der Waals surface area contributed by atoms with E-state index in [1.54, 1.807) is 6.07 Å². The molecule has 1 amide bonds. The van der Waals surface area contributed by atoms with Crippen molar-refractivity contribution in [1.82, 2.24) is 19.4 Å². The molecule has 0 radical (unpaired) electrons. The summed E-state index contributed by atoms with van der Waals surface area (Å²) in [5.41, 5.74) is 0.392. The lowest BCUT2D eigenvalue weighted by Gasteiger charge is -2.14. The first-order valence-corrected chi connectivity index (χ1v) is 8.78. The van der Waals surface area contributed by atoms with E-state index in [4.69, 9.17) is 11.6 Å². The van der Waals surface area contributed by atoms with Crippen molar-refractivity contribution >= 4 is 28.5 Å². The Bertz CT molecular complexity index is 1150. The van der Waals surface area contributed by atoms with E-state index in [-0.39, 0.29) is 28.7 Å². The van der Waals surface area contributed by atoms with Gasteiger partial charge in [0, 0.05) is 25.2 Å². The Morgan fingerprint density at radius 2 is 1.93 bits per heavy atom. The number of rotatable bonds is 4. The van der Waals surface area contributed by atoms with Crippen molar-refractivity contribution in [2.24, 2.45) is 14.1 Å². The lowest BCUT2D eigenvalue weighted by atomic mass is 10.1. The summed E-state index contributed by atoms with van der Waals surface area (Å²) in [4.78, 5) is 41.0. The third kappa shape index (κ3) is 3.78. The Morgan fingerprint density at radius 3 is 2.63 bits per heavy atom. The molecule has 0 aliphatic heterocycles. The van der Waals surface area contributed by atoms with Gasteiger partial charge in [-0.05, 0) is 43.2 Å². The topological polar surface area (TPSA) is 86.0 Å². The first-order valence-electron chi connectivity index (χ1n) is 8.40. The summed E-state index contributed by atoms with van der Waals surface area (Å²) < 4.78 is 2.26. The van der Waals surface area contributed by atoms with Crippen LogP contribution in [-0.4, -0.2) is 26.1 Å². The van der Waals surface area contributed by atoms with Crippen LogP contribution >= 0.6 is 11.6 Å². The largest absolute Gasteiger partial charge is 0.348 e. The maximum Gasteiger partial charge on any atom is 0.332 e. The molecule has 1 aromatic carbocycles. The van der Waals surface area contributed by atoms with Crippen LogP contribution in [0.2, 0.25) is 5.02 Å². The zero-order valence-corrected chi connectivity index (χ0v) is 15.9. The SMILES string of the molecule is C[C@H](Cc1cccc(Cl)c1)NC(=O)c1ccc2c(=O)n(C)c(=O)n(C)c2n1. The molecule has 0 spiro atoms. The molecule has 0 aliphatic carbocycles. The summed E-state index contributed by atoms with van der Waals surface area (Å²) in [5, 5.41) is 3.80. The quantitative estimate of drug-likeness (QED) is 0.738. The molecule has 140 valence electrons. The number of benzene rings is 1. The highest BCUT2D eigenvalue weighted by molar-refractivity contribution is 6.30. The monoisotopic (exact) mass is 386 g/mol. The number of hydrogen-bond acceptors (Lipinski definition) is 4. The Balaban J connectivity index is 1.85. The van der Waals surface area contributed by atoms with Crippen molar-refractivity contribution < 1.29 is 4.79 Å². The summed E-state index contributed by atoms with van der Waals surface area (Å²) in [6, 6.07) is 10.3. The zero-order valence-electron chi connectivity index (χ0n) is 15.2.